The Balaban J connectivity index is -0.000000653. The molecule has 1 aliphatic carbocycles. The van der Waals surface area contributed by atoms with Crippen LogP contribution in [0.3, 0.4) is 0 Å². The summed E-state index contributed by atoms with van der Waals surface area (Å²) < 4.78 is 5.97. The molecule has 0 aliphatic heterocycles. The minimum Gasteiger partial charge on any atom is -1.00 e. The summed E-state index contributed by atoms with van der Waals surface area (Å²) >= 11 is 0. The smallest absolute Gasteiger partial charge is 1.00 e. The van der Waals surface area contributed by atoms with Gasteiger partial charge in [-0.05, 0) is 33.0 Å². The van der Waals surface area contributed by atoms with E-state index in [1.165, 1.54) is 11.6 Å². The van der Waals surface area contributed by atoms with Crippen molar-refractivity contribution in [2.45, 2.75) is 51.9 Å². The summed E-state index contributed by atoms with van der Waals surface area (Å²) in [5, 5.41) is 0. The van der Waals surface area contributed by atoms with Gasteiger partial charge in [0.25, 0.3) is 0 Å². The Morgan fingerprint density at radius 1 is 1.35 bits per heavy atom. The molecular weight excluding hydrogens is 307 g/mol. The number of hydrogen-bond donors (Lipinski definition) is 0. The standard InChI is InChI=1S/C12H21OSi.2ClH.Ti/c1-11(2)13-14(3,4)10-9-12-7-5-6-8-12;;;/h5,7,11H,6,9-10H2,1-4H3;2*1H;/q-1;;;+3/p-2. The molecule has 0 amide bonds. The van der Waals surface area contributed by atoms with Gasteiger partial charge in [0.15, 0.2) is 8.32 Å². The Bertz CT molecular complexity index is 253. The van der Waals surface area contributed by atoms with Crippen molar-refractivity contribution in [3.63, 3.8) is 0 Å². The summed E-state index contributed by atoms with van der Waals surface area (Å²) in [4.78, 5) is 0. The van der Waals surface area contributed by atoms with Crippen molar-refractivity contribution in [2.75, 3.05) is 0 Å². The van der Waals surface area contributed by atoms with E-state index >= 15 is 0 Å². The Kier molecular flexibility index (Phi) is 14.7. The van der Waals surface area contributed by atoms with Crippen LogP contribution >= 0.6 is 0 Å². The fraction of sp³-hybridized carbons (Fsp3) is 0.667. The van der Waals surface area contributed by atoms with E-state index in [0.29, 0.717) is 6.10 Å². The molecule has 0 aromatic carbocycles. The second-order valence-corrected chi connectivity index (χ2v) is 8.99. The molecule has 1 nitrogen and oxygen atoms in total. The molecule has 0 aromatic heterocycles. The third-order valence-corrected chi connectivity index (χ3v) is 4.88. The molecule has 1 aliphatic rings. The average molecular weight is 328 g/mol. The molecule has 97 valence electrons. The Morgan fingerprint density at radius 3 is 2.35 bits per heavy atom. The number of hydrogen-bond acceptors (Lipinski definition) is 1. The van der Waals surface area contributed by atoms with Gasteiger partial charge >= 0.3 is 21.7 Å². The summed E-state index contributed by atoms with van der Waals surface area (Å²) in [6.45, 7) is 8.84. The van der Waals surface area contributed by atoms with Gasteiger partial charge < -0.3 is 29.2 Å². The SMILES string of the molecule is CC(C)O[Si](C)(C)CCC1=[C-]CC=C1.[Cl-].[Cl-].[Ti+3]. The quantitative estimate of drug-likeness (QED) is 0.408. The van der Waals surface area contributed by atoms with Crippen LogP contribution in [0.1, 0.15) is 26.7 Å². The minimum atomic E-state index is -1.43. The van der Waals surface area contributed by atoms with Crippen LogP contribution in [-0.2, 0) is 26.1 Å². The summed E-state index contributed by atoms with van der Waals surface area (Å²) in [5.41, 5.74) is 1.37. The first kappa shape index (κ1) is 23.1. The van der Waals surface area contributed by atoms with Crippen molar-refractivity contribution in [3.8, 4) is 0 Å². The van der Waals surface area contributed by atoms with Crippen LogP contribution in [0.2, 0.25) is 19.1 Å². The van der Waals surface area contributed by atoms with Crippen molar-refractivity contribution in [2.24, 2.45) is 0 Å². The normalized spacial score (nSPS) is 13.6. The fourth-order valence-electron chi connectivity index (χ4n) is 1.75. The Morgan fingerprint density at radius 2 is 1.94 bits per heavy atom. The molecule has 1 rings (SSSR count). The van der Waals surface area contributed by atoms with Gasteiger partial charge in [-0.1, -0.05) is 6.42 Å². The van der Waals surface area contributed by atoms with Gasteiger partial charge in [-0.3, -0.25) is 6.08 Å². The van der Waals surface area contributed by atoms with E-state index in [-0.39, 0.29) is 46.5 Å². The first-order valence-corrected chi connectivity index (χ1v) is 8.55. The van der Waals surface area contributed by atoms with Gasteiger partial charge in [-0.15, -0.1) is 6.42 Å². The number of halogens is 2. The van der Waals surface area contributed by atoms with Gasteiger partial charge in [-0.2, -0.15) is 6.08 Å². The van der Waals surface area contributed by atoms with Gasteiger partial charge in [0.05, 0.1) is 0 Å². The van der Waals surface area contributed by atoms with Crippen molar-refractivity contribution in [1.82, 2.24) is 0 Å². The maximum atomic E-state index is 5.97. The largest absolute Gasteiger partial charge is 3.00 e. The fourth-order valence-corrected chi connectivity index (χ4v) is 4.02. The second kappa shape index (κ2) is 10.8. The van der Waals surface area contributed by atoms with Crippen LogP contribution in [0, 0.1) is 6.08 Å². The predicted octanol–water partition coefficient (Wildman–Crippen LogP) is -2.30. The van der Waals surface area contributed by atoms with Crippen molar-refractivity contribution in [3.05, 3.63) is 23.8 Å². The molecule has 0 aromatic rings. The maximum absolute atomic E-state index is 5.97. The zero-order valence-corrected chi connectivity index (χ0v) is 15.1. The van der Waals surface area contributed by atoms with E-state index in [9.17, 15) is 0 Å². The molecular formula is C12H21Cl2OSiTi. The van der Waals surface area contributed by atoms with Crippen LogP contribution in [0.4, 0.5) is 0 Å². The van der Waals surface area contributed by atoms with Crippen LogP contribution < -0.4 is 24.8 Å². The Hall–Kier alpha value is 0.951. The van der Waals surface area contributed by atoms with Crippen molar-refractivity contribution in [1.29, 1.82) is 0 Å². The minimum absolute atomic E-state index is 0. The van der Waals surface area contributed by atoms with Gasteiger partial charge in [0, 0.05) is 6.10 Å². The van der Waals surface area contributed by atoms with Gasteiger partial charge in [0.1, 0.15) is 0 Å². The monoisotopic (exact) mass is 327 g/mol. The molecule has 5 heteroatoms. The summed E-state index contributed by atoms with van der Waals surface area (Å²) in [6.07, 6.45) is 10.2. The van der Waals surface area contributed by atoms with Gasteiger partial charge in [-0.25, -0.2) is 11.6 Å². The molecule has 17 heavy (non-hydrogen) atoms. The molecule has 0 unspecified atom stereocenters. The zero-order valence-electron chi connectivity index (χ0n) is 11.0. The summed E-state index contributed by atoms with van der Waals surface area (Å²) in [5.74, 6) is 0. The second-order valence-electron chi connectivity index (χ2n) is 4.73. The summed E-state index contributed by atoms with van der Waals surface area (Å²) in [7, 11) is -1.43. The maximum Gasteiger partial charge on any atom is 3.00 e. The molecule has 1 radical (unpaired) electrons. The van der Waals surface area contributed by atoms with Crippen LogP contribution in [-0.4, -0.2) is 14.4 Å². The van der Waals surface area contributed by atoms with E-state index in [1.54, 1.807) is 0 Å². The number of allylic oxidation sites excluding steroid dienone is 4. The predicted molar refractivity (Wildman–Crippen MR) is 63.6 cm³/mol. The molecule has 0 N–H and O–H groups in total. The third kappa shape index (κ3) is 10.6. The molecule has 0 atom stereocenters. The van der Waals surface area contributed by atoms with Crippen molar-refractivity contribution >= 4 is 8.32 Å². The number of rotatable bonds is 5. The van der Waals surface area contributed by atoms with Crippen LogP contribution in [0.15, 0.2) is 17.7 Å². The molecule has 0 spiro atoms. The van der Waals surface area contributed by atoms with E-state index in [0.717, 1.165) is 12.8 Å². The van der Waals surface area contributed by atoms with E-state index in [1.807, 2.05) is 0 Å². The van der Waals surface area contributed by atoms with E-state index in [2.05, 4.69) is 45.2 Å². The van der Waals surface area contributed by atoms with Crippen molar-refractivity contribution < 1.29 is 51.0 Å². The molecule has 0 bridgehead atoms. The van der Waals surface area contributed by atoms with Gasteiger partial charge in [0.2, 0.25) is 0 Å². The first-order valence-electron chi connectivity index (χ1n) is 5.44. The molecule has 0 fully saturated rings. The van der Waals surface area contributed by atoms with E-state index in [4.69, 9.17) is 4.43 Å². The molecule has 0 saturated heterocycles. The van der Waals surface area contributed by atoms with Crippen LogP contribution in [0.5, 0.6) is 0 Å². The molecule has 0 saturated carbocycles. The zero-order chi connectivity index (χ0) is 10.6. The van der Waals surface area contributed by atoms with Crippen LogP contribution in [0.25, 0.3) is 0 Å². The topological polar surface area (TPSA) is 9.23 Å². The summed E-state index contributed by atoms with van der Waals surface area (Å²) in [6, 6.07) is 1.21. The van der Waals surface area contributed by atoms with E-state index < -0.39 is 8.32 Å². The average Bonchev–Trinajstić information content (AvgIpc) is 2.50. The first-order chi connectivity index (χ1) is 6.49. The third-order valence-electron chi connectivity index (χ3n) is 2.32. The molecule has 0 heterocycles. The Labute approximate surface area is 134 Å².